The number of hydrogen-bond acceptors (Lipinski definition) is 6. The summed E-state index contributed by atoms with van der Waals surface area (Å²) >= 11 is 1.45. The normalized spacial score (nSPS) is 15.3. The summed E-state index contributed by atoms with van der Waals surface area (Å²) in [6.07, 6.45) is 2.93. The fourth-order valence-corrected chi connectivity index (χ4v) is 2.29. The van der Waals surface area contributed by atoms with E-state index in [1.807, 2.05) is 6.92 Å². The van der Waals surface area contributed by atoms with Gasteiger partial charge in [0.25, 0.3) is 0 Å². The minimum Gasteiger partial charge on any atom is -0.296 e. The van der Waals surface area contributed by atoms with Crippen molar-refractivity contribution >= 4 is 17.6 Å². The van der Waals surface area contributed by atoms with Gasteiger partial charge in [0.2, 0.25) is 5.13 Å². The molecule has 0 aromatic carbocycles. The van der Waals surface area contributed by atoms with Gasteiger partial charge >= 0.3 is 0 Å². The van der Waals surface area contributed by atoms with Crippen LogP contribution >= 0.6 is 11.3 Å². The van der Waals surface area contributed by atoms with Gasteiger partial charge in [-0.3, -0.25) is 4.79 Å². The topological polar surface area (TPSA) is 73.6 Å². The zero-order chi connectivity index (χ0) is 11.1. The molecular formula is C9H9N5OS. The molecule has 0 N–H and O–H groups in total. The van der Waals surface area contributed by atoms with Gasteiger partial charge in [0.15, 0.2) is 6.29 Å². The molecule has 0 spiro atoms. The van der Waals surface area contributed by atoms with Crippen LogP contribution in [0.4, 0.5) is 0 Å². The Labute approximate surface area is 95.3 Å². The van der Waals surface area contributed by atoms with E-state index in [0.29, 0.717) is 16.7 Å². The summed E-state index contributed by atoms with van der Waals surface area (Å²) in [4.78, 5) is 10.9. The SMILES string of the molecule is Cc1nnc(-n2nnc(C=O)c2C2CC2)s1. The molecule has 0 saturated heterocycles. The van der Waals surface area contributed by atoms with E-state index in [2.05, 4.69) is 20.5 Å². The van der Waals surface area contributed by atoms with Crippen LogP contribution < -0.4 is 0 Å². The Hall–Kier alpha value is -1.63. The number of aryl methyl sites for hydroxylation is 1. The van der Waals surface area contributed by atoms with Crippen LogP contribution in [0.1, 0.15) is 39.9 Å². The van der Waals surface area contributed by atoms with Crippen molar-refractivity contribution in [3.63, 3.8) is 0 Å². The van der Waals surface area contributed by atoms with Crippen molar-refractivity contribution in [2.24, 2.45) is 0 Å². The fraction of sp³-hybridized carbons (Fsp3) is 0.444. The first kappa shape index (κ1) is 9.59. The quantitative estimate of drug-likeness (QED) is 0.745. The lowest BCUT2D eigenvalue weighted by atomic mass is 10.2. The summed E-state index contributed by atoms with van der Waals surface area (Å²) in [5, 5.41) is 17.4. The molecule has 1 aliphatic carbocycles. The van der Waals surface area contributed by atoms with Crippen LogP contribution in [0, 0.1) is 6.92 Å². The van der Waals surface area contributed by atoms with Crippen molar-refractivity contribution < 1.29 is 4.79 Å². The Bertz CT molecular complexity index is 542. The van der Waals surface area contributed by atoms with E-state index >= 15 is 0 Å². The highest BCUT2D eigenvalue weighted by Crippen LogP contribution is 2.41. The van der Waals surface area contributed by atoms with E-state index in [-0.39, 0.29) is 0 Å². The van der Waals surface area contributed by atoms with Crippen LogP contribution in [-0.4, -0.2) is 31.5 Å². The van der Waals surface area contributed by atoms with Gasteiger partial charge < -0.3 is 0 Å². The highest BCUT2D eigenvalue weighted by molar-refractivity contribution is 7.13. The zero-order valence-electron chi connectivity index (χ0n) is 8.62. The molecule has 0 atom stereocenters. The highest BCUT2D eigenvalue weighted by atomic mass is 32.1. The second kappa shape index (κ2) is 3.44. The number of nitrogens with zero attached hydrogens (tertiary/aromatic N) is 5. The fourth-order valence-electron chi connectivity index (χ4n) is 1.64. The van der Waals surface area contributed by atoms with E-state index in [1.165, 1.54) is 11.3 Å². The Morgan fingerprint density at radius 2 is 2.19 bits per heavy atom. The van der Waals surface area contributed by atoms with Crippen molar-refractivity contribution in [3.05, 3.63) is 16.4 Å². The lowest BCUT2D eigenvalue weighted by Crippen LogP contribution is -2.02. The zero-order valence-corrected chi connectivity index (χ0v) is 9.44. The van der Waals surface area contributed by atoms with Gasteiger partial charge in [-0.25, -0.2) is 0 Å². The van der Waals surface area contributed by atoms with Gasteiger partial charge in [-0.1, -0.05) is 16.6 Å². The van der Waals surface area contributed by atoms with Gasteiger partial charge in [0.05, 0.1) is 5.69 Å². The van der Waals surface area contributed by atoms with Crippen LogP contribution in [-0.2, 0) is 0 Å². The molecule has 6 nitrogen and oxygen atoms in total. The summed E-state index contributed by atoms with van der Waals surface area (Å²) in [6, 6.07) is 0. The van der Waals surface area contributed by atoms with Crippen LogP contribution in [0.25, 0.3) is 5.13 Å². The van der Waals surface area contributed by atoms with Crippen molar-refractivity contribution in [1.29, 1.82) is 0 Å². The van der Waals surface area contributed by atoms with E-state index in [9.17, 15) is 4.79 Å². The monoisotopic (exact) mass is 235 g/mol. The van der Waals surface area contributed by atoms with E-state index in [1.54, 1.807) is 4.68 Å². The molecule has 0 aliphatic heterocycles. The average molecular weight is 235 g/mol. The molecule has 0 amide bonds. The lowest BCUT2D eigenvalue weighted by Gasteiger charge is -1.99. The summed E-state index contributed by atoms with van der Waals surface area (Å²) in [5.41, 5.74) is 1.31. The standard InChI is InChI=1S/C9H9N5OS/c1-5-10-12-9(16-5)14-8(6-2-3-6)7(4-15)11-13-14/h4,6H,2-3H2,1H3. The second-order valence-corrected chi connectivity index (χ2v) is 4.93. The van der Waals surface area contributed by atoms with Gasteiger partial charge in [-0.05, 0) is 19.8 Å². The molecule has 2 aromatic rings. The van der Waals surface area contributed by atoms with Crippen molar-refractivity contribution in [2.75, 3.05) is 0 Å². The van der Waals surface area contributed by atoms with Crippen molar-refractivity contribution in [2.45, 2.75) is 25.7 Å². The molecule has 2 heterocycles. The Morgan fingerprint density at radius 1 is 1.38 bits per heavy atom. The third-order valence-corrected chi connectivity index (χ3v) is 3.32. The number of aromatic nitrogens is 5. The van der Waals surface area contributed by atoms with Crippen LogP contribution in [0.2, 0.25) is 0 Å². The van der Waals surface area contributed by atoms with Crippen LogP contribution in [0.15, 0.2) is 0 Å². The predicted molar refractivity (Wildman–Crippen MR) is 56.9 cm³/mol. The van der Waals surface area contributed by atoms with Crippen LogP contribution in [0.5, 0.6) is 0 Å². The first-order chi connectivity index (χ1) is 7.79. The minimum absolute atomic E-state index is 0.402. The summed E-state index contributed by atoms with van der Waals surface area (Å²) < 4.78 is 1.64. The molecule has 7 heteroatoms. The first-order valence-electron chi connectivity index (χ1n) is 5.01. The average Bonchev–Trinajstić information content (AvgIpc) is 2.88. The molecule has 2 aromatic heterocycles. The maximum atomic E-state index is 10.9. The van der Waals surface area contributed by atoms with E-state index in [0.717, 1.165) is 29.8 Å². The Morgan fingerprint density at radius 3 is 2.75 bits per heavy atom. The lowest BCUT2D eigenvalue weighted by molar-refractivity contribution is 0.111. The Balaban J connectivity index is 2.13. The summed E-state index contributed by atoms with van der Waals surface area (Å²) in [7, 11) is 0. The van der Waals surface area contributed by atoms with Gasteiger partial charge in [0, 0.05) is 5.92 Å². The molecule has 3 rings (SSSR count). The molecular weight excluding hydrogens is 226 g/mol. The summed E-state index contributed by atoms with van der Waals surface area (Å²) in [5.74, 6) is 0.402. The third kappa shape index (κ3) is 1.44. The number of rotatable bonds is 3. The predicted octanol–water partition coefficient (Wildman–Crippen LogP) is 1.12. The number of hydrogen-bond donors (Lipinski definition) is 0. The van der Waals surface area contributed by atoms with Crippen molar-refractivity contribution in [1.82, 2.24) is 25.2 Å². The molecule has 82 valence electrons. The highest BCUT2D eigenvalue weighted by Gasteiger charge is 2.32. The molecule has 0 radical (unpaired) electrons. The van der Waals surface area contributed by atoms with Gasteiger partial charge in [0.1, 0.15) is 10.7 Å². The van der Waals surface area contributed by atoms with Gasteiger partial charge in [-0.15, -0.1) is 15.3 Å². The molecule has 1 saturated carbocycles. The molecule has 16 heavy (non-hydrogen) atoms. The van der Waals surface area contributed by atoms with Gasteiger partial charge in [-0.2, -0.15) is 4.68 Å². The summed E-state index contributed by atoms with van der Waals surface area (Å²) in [6.45, 7) is 1.88. The molecule has 1 aliphatic rings. The van der Waals surface area contributed by atoms with E-state index < -0.39 is 0 Å². The van der Waals surface area contributed by atoms with Crippen molar-refractivity contribution in [3.8, 4) is 5.13 Å². The molecule has 0 unspecified atom stereocenters. The third-order valence-electron chi connectivity index (χ3n) is 2.50. The van der Waals surface area contributed by atoms with Crippen LogP contribution in [0.3, 0.4) is 0 Å². The van der Waals surface area contributed by atoms with E-state index in [4.69, 9.17) is 0 Å². The second-order valence-electron chi connectivity index (χ2n) is 3.77. The molecule has 0 bridgehead atoms. The largest absolute Gasteiger partial charge is 0.296 e. The maximum absolute atomic E-state index is 10.9. The number of aldehydes is 1. The Kier molecular flexibility index (Phi) is 2.06. The first-order valence-corrected chi connectivity index (χ1v) is 5.82. The number of carbonyl (C=O) groups is 1. The smallest absolute Gasteiger partial charge is 0.234 e. The minimum atomic E-state index is 0.402. The molecule has 1 fully saturated rings. The number of carbonyl (C=O) groups excluding carboxylic acids is 1. The maximum Gasteiger partial charge on any atom is 0.234 e.